The SMILES string of the molecule is CCCNN1CCN(c2cccc(C(F)(F)F)c2)CC1. The highest BCUT2D eigenvalue weighted by Gasteiger charge is 2.31. The predicted octanol–water partition coefficient (Wildman–Crippen LogP) is 2.74. The van der Waals surface area contributed by atoms with Crippen molar-refractivity contribution in [1.82, 2.24) is 10.4 Å². The molecule has 1 aromatic rings. The van der Waals surface area contributed by atoms with Gasteiger partial charge >= 0.3 is 6.18 Å². The van der Waals surface area contributed by atoms with E-state index in [0.717, 1.165) is 45.2 Å². The first-order chi connectivity index (χ1) is 9.50. The van der Waals surface area contributed by atoms with Crippen LogP contribution < -0.4 is 10.3 Å². The quantitative estimate of drug-likeness (QED) is 0.918. The van der Waals surface area contributed by atoms with Crippen LogP contribution in [0.1, 0.15) is 18.9 Å². The number of rotatable bonds is 4. The number of alkyl halides is 3. The Balaban J connectivity index is 1.97. The minimum Gasteiger partial charge on any atom is -0.369 e. The van der Waals surface area contributed by atoms with Crippen LogP contribution in [-0.4, -0.2) is 37.7 Å². The van der Waals surface area contributed by atoms with Gasteiger partial charge in [0.05, 0.1) is 5.56 Å². The highest BCUT2D eigenvalue weighted by molar-refractivity contribution is 5.49. The summed E-state index contributed by atoms with van der Waals surface area (Å²) in [6.07, 6.45) is -3.21. The van der Waals surface area contributed by atoms with E-state index in [1.54, 1.807) is 6.07 Å². The van der Waals surface area contributed by atoms with Crippen LogP contribution in [0.3, 0.4) is 0 Å². The van der Waals surface area contributed by atoms with Gasteiger partial charge in [0.2, 0.25) is 0 Å². The van der Waals surface area contributed by atoms with Gasteiger partial charge in [0, 0.05) is 38.4 Å². The van der Waals surface area contributed by atoms with Crippen LogP contribution in [-0.2, 0) is 6.18 Å². The molecule has 0 unspecified atom stereocenters. The topological polar surface area (TPSA) is 18.5 Å². The summed E-state index contributed by atoms with van der Waals surface area (Å²) in [6.45, 7) is 6.14. The fourth-order valence-corrected chi connectivity index (χ4v) is 2.27. The summed E-state index contributed by atoms with van der Waals surface area (Å²) in [7, 11) is 0. The zero-order chi connectivity index (χ0) is 14.6. The zero-order valence-corrected chi connectivity index (χ0v) is 11.6. The van der Waals surface area contributed by atoms with E-state index in [0.29, 0.717) is 5.69 Å². The smallest absolute Gasteiger partial charge is 0.369 e. The van der Waals surface area contributed by atoms with Crippen molar-refractivity contribution in [1.29, 1.82) is 0 Å². The highest BCUT2D eigenvalue weighted by atomic mass is 19.4. The number of benzene rings is 1. The second-order valence-corrected chi connectivity index (χ2v) is 4.93. The molecule has 0 bridgehead atoms. The summed E-state index contributed by atoms with van der Waals surface area (Å²) < 4.78 is 38.1. The largest absolute Gasteiger partial charge is 0.416 e. The van der Waals surface area contributed by atoms with Gasteiger partial charge in [-0.1, -0.05) is 13.0 Å². The Hall–Kier alpha value is -1.27. The normalized spacial score (nSPS) is 17.5. The van der Waals surface area contributed by atoms with Crippen molar-refractivity contribution in [3.63, 3.8) is 0 Å². The third-order valence-electron chi connectivity index (χ3n) is 3.40. The maximum Gasteiger partial charge on any atom is 0.416 e. The molecule has 0 aliphatic carbocycles. The molecule has 0 radical (unpaired) electrons. The molecule has 1 aliphatic rings. The molecule has 0 spiro atoms. The van der Waals surface area contributed by atoms with E-state index in [2.05, 4.69) is 17.4 Å². The molecule has 0 atom stereocenters. The number of nitrogens with one attached hydrogen (secondary N) is 1. The Kier molecular flexibility index (Phi) is 4.88. The molecule has 2 rings (SSSR count). The van der Waals surface area contributed by atoms with E-state index >= 15 is 0 Å². The standard InChI is InChI=1S/C14H20F3N3/c1-2-6-18-20-9-7-19(8-10-20)13-5-3-4-12(11-13)14(15,16)17/h3-5,11,18H,2,6-10H2,1H3. The lowest BCUT2D eigenvalue weighted by atomic mass is 10.1. The Morgan fingerprint density at radius 1 is 1.15 bits per heavy atom. The van der Waals surface area contributed by atoms with Crippen LogP contribution in [0.5, 0.6) is 0 Å². The summed E-state index contributed by atoms with van der Waals surface area (Å²) >= 11 is 0. The molecule has 3 nitrogen and oxygen atoms in total. The molecule has 0 saturated carbocycles. The fourth-order valence-electron chi connectivity index (χ4n) is 2.27. The van der Waals surface area contributed by atoms with Crippen LogP contribution in [0.4, 0.5) is 18.9 Å². The predicted molar refractivity (Wildman–Crippen MR) is 73.5 cm³/mol. The van der Waals surface area contributed by atoms with E-state index in [1.165, 1.54) is 12.1 Å². The van der Waals surface area contributed by atoms with Crippen molar-refractivity contribution in [2.45, 2.75) is 19.5 Å². The number of hydrazine groups is 1. The van der Waals surface area contributed by atoms with E-state index < -0.39 is 11.7 Å². The molecule has 1 saturated heterocycles. The molecular weight excluding hydrogens is 267 g/mol. The minimum atomic E-state index is -4.28. The minimum absolute atomic E-state index is 0.582. The fraction of sp³-hybridized carbons (Fsp3) is 0.571. The lowest BCUT2D eigenvalue weighted by Gasteiger charge is -2.36. The van der Waals surface area contributed by atoms with Crippen molar-refractivity contribution >= 4 is 5.69 Å². The van der Waals surface area contributed by atoms with Gasteiger partial charge in [0.15, 0.2) is 0 Å². The van der Waals surface area contributed by atoms with E-state index in [-0.39, 0.29) is 0 Å². The third-order valence-corrected chi connectivity index (χ3v) is 3.40. The summed E-state index contributed by atoms with van der Waals surface area (Å²) in [5.41, 5.74) is 3.37. The van der Waals surface area contributed by atoms with Gasteiger partial charge in [-0.15, -0.1) is 0 Å². The molecule has 0 aromatic heterocycles. The average molecular weight is 287 g/mol. The van der Waals surface area contributed by atoms with Crippen LogP contribution in [0.15, 0.2) is 24.3 Å². The average Bonchev–Trinajstić information content (AvgIpc) is 2.45. The van der Waals surface area contributed by atoms with Gasteiger partial charge in [-0.2, -0.15) is 13.2 Å². The summed E-state index contributed by atoms with van der Waals surface area (Å²) in [4.78, 5) is 2.00. The van der Waals surface area contributed by atoms with Gasteiger partial charge in [-0.25, -0.2) is 5.01 Å². The van der Waals surface area contributed by atoms with Gasteiger partial charge < -0.3 is 4.90 Å². The summed E-state index contributed by atoms with van der Waals surface area (Å²) in [5, 5.41) is 2.13. The van der Waals surface area contributed by atoms with Gasteiger partial charge in [0.25, 0.3) is 0 Å². The number of hydrogen-bond acceptors (Lipinski definition) is 3. The Bertz CT molecular complexity index is 426. The molecule has 6 heteroatoms. The highest BCUT2D eigenvalue weighted by Crippen LogP contribution is 2.31. The van der Waals surface area contributed by atoms with Gasteiger partial charge in [-0.05, 0) is 24.6 Å². The molecule has 1 heterocycles. The first kappa shape index (κ1) is 15.1. The second-order valence-electron chi connectivity index (χ2n) is 4.93. The monoisotopic (exact) mass is 287 g/mol. The molecule has 0 amide bonds. The lowest BCUT2D eigenvalue weighted by molar-refractivity contribution is -0.137. The van der Waals surface area contributed by atoms with Crippen molar-refractivity contribution in [3.05, 3.63) is 29.8 Å². The molecule has 1 aromatic carbocycles. The Morgan fingerprint density at radius 3 is 2.45 bits per heavy atom. The van der Waals surface area contributed by atoms with Crippen LogP contribution in [0.2, 0.25) is 0 Å². The molecule has 112 valence electrons. The van der Waals surface area contributed by atoms with Crippen LogP contribution >= 0.6 is 0 Å². The maximum absolute atomic E-state index is 12.7. The molecule has 1 aliphatic heterocycles. The van der Waals surface area contributed by atoms with Crippen molar-refractivity contribution in [2.75, 3.05) is 37.6 Å². The van der Waals surface area contributed by atoms with E-state index in [4.69, 9.17) is 0 Å². The van der Waals surface area contributed by atoms with Crippen LogP contribution in [0, 0.1) is 0 Å². The number of piperazine rings is 1. The van der Waals surface area contributed by atoms with Gasteiger partial charge in [0.1, 0.15) is 0 Å². The molecule has 20 heavy (non-hydrogen) atoms. The van der Waals surface area contributed by atoms with Crippen molar-refractivity contribution < 1.29 is 13.2 Å². The van der Waals surface area contributed by atoms with Gasteiger partial charge in [-0.3, -0.25) is 5.43 Å². The van der Waals surface area contributed by atoms with E-state index in [9.17, 15) is 13.2 Å². The van der Waals surface area contributed by atoms with Crippen molar-refractivity contribution in [2.24, 2.45) is 0 Å². The number of halogens is 3. The lowest BCUT2D eigenvalue weighted by Crippen LogP contribution is -2.52. The molecule has 1 fully saturated rings. The number of anilines is 1. The first-order valence-electron chi connectivity index (χ1n) is 6.91. The van der Waals surface area contributed by atoms with Crippen molar-refractivity contribution in [3.8, 4) is 0 Å². The third kappa shape index (κ3) is 3.86. The van der Waals surface area contributed by atoms with E-state index in [1.807, 2.05) is 4.90 Å². The second kappa shape index (κ2) is 6.45. The summed E-state index contributed by atoms with van der Waals surface area (Å²) in [6, 6.07) is 5.56. The molecule has 1 N–H and O–H groups in total. The Morgan fingerprint density at radius 2 is 1.85 bits per heavy atom. The first-order valence-corrected chi connectivity index (χ1v) is 6.91. The number of nitrogens with zero attached hydrogens (tertiary/aromatic N) is 2. The summed E-state index contributed by atoms with van der Waals surface area (Å²) in [5.74, 6) is 0. The van der Waals surface area contributed by atoms with Crippen LogP contribution in [0.25, 0.3) is 0 Å². The Labute approximate surface area is 117 Å². The molecular formula is C14H20F3N3. The maximum atomic E-state index is 12.7. The zero-order valence-electron chi connectivity index (χ0n) is 11.6. The number of hydrogen-bond donors (Lipinski definition) is 1.